The Morgan fingerprint density at radius 1 is 0.880 bits per heavy atom. The molecule has 0 aliphatic rings. The molecule has 25 heavy (non-hydrogen) atoms. The molecule has 0 saturated heterocycles. The van der Waals surface area contributed by atoms with Crippen LogP contribution in [0.5, 0.6) is 0 Å². The van der Waals surface area contributed by atoms with Gasteiger partial charge in [-0.1, -0.05) is 78.9 Å². The second-order valence-corrected chi connectivity index (χ2v) is 6.10. The zero-order valence-electron chi connectivity index (χ0n) is 13.9. The molecule has 0 saturated carbocycles. The maximum atomic E-state index is 9.95. The first-order valence-electron chi connectivity index (χ1n) is 8.22. The van der Waals surface area contributed by atoms with Crippen LogP contribution < -0.4 is 0 Å². The fourth-order valence-electron chi connectivity index (χ4n) is 3.47. The van der Waals surface area contributed by atoms with Crippen LogP contribution in [0.15, 0.2) is 85.5 Å². The minimum Gasteiger partial charge on any atom is -0.197 e. The fourth-order valence-corrected chi connectivity index (χ4v) is 3.47. The molecule has 120 valence electrons. The van der Waals surface area contributed by atoms with Crippen molar-refractivity contribution in [2.45, 2.75) is 12.3 Å². The topological polar surface area (TPSA) is 47.6 Å². The molecule has 1 atom stereocenters. The van der Waals surface area contributed by atoms with E-state index in [9.17, 15) is 10.5 Å². The van der Waals surface area contributed by atoms with Crippen LogP contribution in [0.1, 0.15) is 23.5 Å². The lowest BCUT2D eigenvalue weighted by Gasteiger charge is -2.30. The van der Waals surface area contributed by atoms with Crippen molar-refractivity contribution in [3.63, 3.8) is 0 Å². The normalized spacial score (nSPS) is 12.1. The molecular weight excluding hydrogens is 304 g/mol. The summed E-state index contributed by atoms with van der Waals surface area (Å²) in [5.74, 6) is -0.354. The van der Waals surface area contributed by atoms with Crippen molar-refractivity contribution < 1.29 is 0 Å². The van der Waals surface area contributed by atoms with Gasteiger partial charge in [0.2, 0.25) is 0 Å². The third kappa shape index (κ3) is 2.91. The quantitative estimate of drug-likeness (QED) is 0.576. The molecule has 0 radical (unpaired) electrons. The van der Waals surface area contributed by atoms with E-state index in [-0.39, 0.29) is 5.92 Å². The largest absolute Gasteiger partial charge is 0.197 e. The summed E-state index contributed by atoms with van der Waals surface area (Å²) in [6, 6.07) is 28.5. The van der Waals surface area contributed by atoms with Gasteiger partial charge in [0.1, 0.15) is 0 Å². The zero-order chi connectivity index (χ0) is 17.7. The van der Waals surface area contributed by atoms with E-state index in [2.05, 4.69) is 30.9 Å². The van der Waals surface area contributed by atoms with Gasteiger partial charge in [0.25, 0.3) is 0 Å². The number of allylic oxidation sites excluding steroid dienone is 1. The van der Waals surface area contributed by atoms with E-state index in [1.54, 1.807) is 6.08 Å². The summed E-state index contributed by atoms with van der Waals surface area (Å²) in [5, 5.41) is 22.1. The van der Waals surface area contributed by atoms with E-state index in [1.165, 1.54) is 0 Å². The Labute approximate surface area is 148 Å². The lowest BCUT2D eigenvalue weighted by molar-refractivity contribution is 0.464. The number of hydrogen-bond donors (Lipinski definition) is 0. The van der Waals surface area contributed by atoms with Gasteiger partial charge in [-0.25, -0.2) is 0 Å². The zero-order valence-corrected chi connectivity index (χ0v) is 13.9. The van der Waals surface area contributed by atoms with Crippen molar-refractivity contribution in [2.75, 3.05) is 0 Å². The third-order valence-electron chi connectivity index (χ3n) is 4.63. The summed E-state index contributed by atoms with van der Waals surface area (Å²) in [6.45, 7) is 3.77. The Kier molecular flexibility index (Phi) is 4.64. The minimum absolute atomic E-state index is 0.308. The van der Waals surface area contributed by atoms with Crippen molar-refractivity contribution in [1.29, 1.82) is 10.5 Å². The van der Waals surface area contributed by atoms with Crippen LogP contribution in [0.25, 0.3) is 10.8 Å². The van der Waals surface area contributed by atoms with Crippen molar-refractivity contribution in [3.05, 3.63) is 96.6 Å². The molecular formula is C23H18N2. The van der Waals surface area contributed by atoms with Crippen LogP contribution in [0.4, 0.5) is 0 Å². The summed E-state index contributed by atoms with van der Waals surface area (Å²) in [7, 11) is 0. The number of fused-ring (bicyclic) bond motifs is 1. The number of nitriles is 2. The molecule has 0 heterocycles. The van der Waals surface area contributed by atoms with Gasteiger partial charge in [-0.05, 0) is 28.3 Å². The van der Waals surface area contributed by atoms with E-state index in [1.807, 2.05) is 60.7 Å². The summed E-state index contributed by atoms with van der Waals surface area (Å²) >= 11 is 0. The first kappa shape index (κ1) is 16.5. The van der Waals surface area contributed by atoms with E-state index < -0.39 is 5.41 Å². The van der Waals surface area contributed by atoms with Crippen molar-refractivity contribution in [2.24, 2.45) is 5.41 Å². The highest BCUT2D eigenvalue weighted by Crippen LogP contribution is 2.45. The molecule has 3 aromatic carbocycles. The fraction of sp³-hybridized carbons (Fsp3) is 0.130. The molecule has 3 rings (SSSR count). The molecule has 1 unspecified atom stereocenters. The van der Waals surface area contributed by atoms with E-state index in [0.717, 1.165) is 21.9 Å². The molecule has 0 bridgehead atoms. The van der Waals surface area contributed by atoms with Gasteiger partial charge in [0.15, 0.2) is 5.41 Å². The van der Waals surface area contributed by atoms with Crippen LogP contribution in [0.2, 0.25) is 0 Å². The molecule has 0 aliphatic carbocycles. The Balaban J connectivity index is 2.34. The first-order chi connectivity index (χ1) is 12.3. The predicted octanol–water partition coefficient (Wildman–Crippen LogP) is 5.58. The highest BCUT2D eigenvalue weighted by molar-refractivity contribution is 5.86. The van der Waals surface area contributed by atoms with Gasteiger partial charge in [0, 0.05) is 5.92 Å². The monoisotopic (exact) mass is 322 g/mol. The molecule has 3 aromatic rings. The van der Waals surface area contributed by atoms with Crippen molar-refractivity contribution in [1.82, 2.24) is 0 Å². The maximum absolute atomic E-state index is 9.95. The molecule has 0 N–H and O–H groups in total. The number of nitrogens with zero attached hydrogens (tertiary/aromatic N) is 2. The smallest absolute Gasteiger partial charge is 0.158 e. The van der Waals surface area contributed by atoms with Crippen molar-refractivity contribution >= 4 is 10.8 Å². The highest BCUT2D eigenvalue weighted by atomic mass is 14.5. The second-order valence-electron chi connectivity index (χ2n) is 6.10. The Bertz CT molecular complexity index is 955. The van der Waals surface area contributed by atoms with Crippen LogP contribution in [0, 0.1) is 28.1 Å². The van der Waals surface area contributed by atoms with Crippen LogP contribution >= 0.6 is 0 Å². The minimum atomic E-state index is -1.20. The standard InChI is InChI=1S/C23H18N2/c1-2-15-23(16-24,17-25)22(19-10-4-3-5-11-19)21-14-8-12-18-9-6-7-13-20(18)21/h2-14,22H,1,15H2. The number of rotatable bonds is 5. The van der Waals surface area contributed by atoms with Gasteiger partial charge < -0.3 is 0 Å². The number of benzene rings is 3. The first-order valence-corrected chi connectivity index (χ1v) is 8.22. The van der Waals surface area contributed by atoms with Crippen LogP contribution in [0.3, 0.4) is 0 Å². The number of hydrogen-bond acceptors (Lipinski definition) is 2. The molecule has 2 nitrogen and oxygen atoms in total. The summed E-state index contributed by atoms with van der Waals surface area (Å²) in [4.78, 5) is 0. The Morgan fingerprint density at radius 3 is 2.20 bits per heavy atom. The molecule has 2 heteroatoms. The summed E-state index contributed by atoms with van der Waals surface area (Å²) < 4.78 is 0. The van der Waals surface area contributed by atoms with Crippen LogP contribution in [-0.4, -0.2) is 0 Å². The second kappa shape index (κ2) is 7.04. The van der Waals surface area contributed by atoms with Crippen LogP contribution in [-0.2, 0) is 0 Å². The van der Waals surface area contributed by atoms with Gasteiger partial charge in [-0.2, -0.15) is 10.5 Å². The Hall–Kier alpha value is -3.36. The lowest BCUT2D eigenvalue weighted by Crippen LogP contribution is -2.26. The Morgan fingerprint density at radius 2 is 1.52 bits per heavy atom. The van der Waals surface area contributed by atoms with E-state index >= 15 is 0 Å². The van der Waals surface area contributed by atoms with Crippen molar-refractivity contribution in [3.8, 4) is 12.1 Å². The van der Waals surface area contributed by atoms with E-state index in [4.69, 9.17) is 0 Å². The molecule has 0 amide bonds. The third-order valence-corrected chi connectivity index (χ3v) is 4.63. The van der Waals surface area contributed by atoms with Gasteiger partial charge >= 0.3 is 0 Å². The molecule has 0 aromatic heterocycles. The summed E-state index contributed by atoms with van der Waals surface area (Å²) in [5.41, 5.74) is 0.755. The maximum Gasteiger partial charge on any atom is 0.158 e. The summed E-state index contributed by atoms with van der Waals surface area (Å²) in [6.07, 6.45) is 1.97. The average Bonchev–Trinajstić information content (AvgIpc) is 2.68. The average molecular weight is 322 g/mol. The molecule has 0 spiro atoms. The molecule has 0 aliphatic heterocycles. The van der Waals surface area contributed by atoms with Gasteiger partial charge in [-0.3, -0.25) is 0 Å². The highest BCUT2D eigenvalue weighted by Gasteiger charge is 2.41. The SMILES string of the molecule is C=CCC(C#N)(C#N)C(c1ccccc1)c1cccc2ccccc12. The van der Waals surface area contributed by atoms with E-state index in [0.29, 0.717) is 6.42 Å². The van der Waals surface area contributed by atoms with Gasteiger partial charge in [-0.15, -0.1) is 6.58 Å². The predicted molar refractivity (Wildman–Crippen MR) is 101 cm³/mol. The van der Waals surface area contributed by atoms with Gasteiger partial charge in [0.05, 0.1) is 12.1 Å². The molecule has 0 fully saturated rings. The lowest BCUT2D eigenvalue weighted by atomic mass is 9.68.